The van der Waals surface area contributed by atoms with Crippen LogP contribution in [0.5, 0.6) is 0 Å². The quantitative estimate of drug-likeness (QED) is 0.204. The predicted octanol–water partition coefficient (Wildman–Crippen LogP) is 11.8. The van der Waals surface area contributed by atoms with Crippen LogP contribution >= 0.6 is 11.3 Å². The second-order valence-electron chi connectivity index (χ2n) is 11.6. The molecule has 0 aliphatic rings. The second-order valence-corrected chi connectivity index (χ2v) is 12.6. The standard InChI is InChI=1S/C41H24N2OS/c1-3-12-36-30(7-1)35-23-27(29-9-5-10-33-31-8-2-4-13-38(31)44-40(29)33)17-21-37(35)43(36)28-18-14-25(15-19-28)26-16-20-32-34-11-6-22-42-41(34)45-39(32)24-26/h1-24H. The van der Waals surface area contributed by atoms with Crippen molar-refractivity contribution in [2.45, 2.75) is 0 Å². The molecule has 10 rings (SSSR count). The van der Waals surface area contributed by atoms with Gasteiger partial charge in [0.1, 0.15) is 16.0 Å². The molecular weight excluding hydrogens is 569 g/mol. The molecule has 0 saturated carbocycles. The number of benzene rings is 6. The minimum absolute atomic E-state index is 0.918. The van der Waals surface area contributed by atoms with Crippen LogP contribution in [-0.4, -0.2) is 9.55 Å². The van der Waals surface area contributed by atoms with E-state index in [9.17, 15) is 0 Å². The summed E-state index contributed by atoms with van der Waals surface area (Å²) >= 11 is 1.75. The lowest BCUT2D eigenvalue weighted by Gasteiger charge is -2.10. The Morgan fingerprint density at radius 2 is 1.27 bits per heavy atom. The van der Waals surface area contributed by atoms with Crippen LogP contribution in [0.1, 0.15) is 0 Å². The highest BCUT2D eigenvalue weighted by molar-refractivity contribution is 7.25. The van der Waals surface area contributed by atoms with Gasteiger partial charge in [0.05, 0.1) is 11.0 Å². The first kappa shape index (κ1) is 24.7. The Bertz CT molecular complexity index is 2760. The summed E-state index contributed by atoms with van der Waals surface area (Å²) in [6.07, 6.45) is 1.87. The number of thiophene rings is 1. The first-order valence-electron chi connectivity index (χ1n) is 15.1. The molecule has 0 fully saturated rings. The molecule has 0 amide bonds. The number of hydrogen-bond acceptors (Lipinski definition) is 3. The number of para-hydroxylation sites is 3. The molecular formula is C41H24N2OS. The van der Waals surface area contributed by atoms with Crippen molar-refractivity contribution in [3.8, 4) is 27.9 Å². The van der Waals surface area contributed by atoms with Gasteiger partial charge < -0.3 is 8.98 Å². The van der Waals surface area contributed by atoms with Gasteiger partial charge in [-0.15, -0.1) is 11.3 Å². The first-order valence-corrected chi connectivity index (χ1v) is 15.9. The van der Waals surface area contributed by atoms with Crippen molar-refractivity contribution in [2.75, 3.05) is 0 Å². The Balaban J connectivity index is 1.10. The molecule has 3 nitrogen and oxygen atoms in total. The van der Waals surface area contributed by atoms with Gasteiger partial charge in [-0.25, -0.2) is 4.98 Å². The minimum atomic E-state index is 0.918. The molecule has 45 heavy (non-hydrogen) atoms. The number of fused-ring (bicyclic) bond motifs is 9. The normalized spacial score (nSPS) is 12.0. The average molecular weight is 593 g/mol. The fourth-order valence-electron chi connectivity index (χ4n) is 6.99. The molecule has 0 N–H and O–H groups in total. The second kappa shape index (κ2) is 9.39. The molecule has 0 aliphatic carbocycles. The van der Waals surface area contributed by atoms with Gasteiger partial charge in [0, 0.05) is 54.5 Å². The highest BCUT2D eigenvalue weighted by Gasteiger charge is 2.16. The Morgan fingerprint density at radius 3 is 2.20 bits per heavy atom. The average Bonchev–Trinajstić information content (AvgIpc) is 3.77. The summed E-state index contributed by atoms with van der Waals surface area (Å²) in [4.78, 5) is 5.65. The van der Waals surface area contributed by atoms with E-state index in [1.54, 1.807) is 11.3 Å². The fourth-order valence-corrected chi connectivity index (χ4v) is 8.07. The molecule has 0 unspecified atom stereocenters. The van der Waals surface area contributed by atoms with Gasteiger partial charge in [-0.3, -0.25) is 0 Å². The van der Waals surface area contributed by atoms with E-state index in [1.165, 1.54) is 48.4 Å². The zero-order chi connectivity index (χ0) is 29.5. The molecule has 0 aliphatic heterocycles. The lowest BCUT2D eigenvalue weighted by Crippen LogP contribution is -1.93. The van der Waals surface area contributed by atoms with Gasteiger partial charge >= 0.3 is 0 Å². The Labute approximate surface area is 262 Å². The number of hydrogen-bond donors (Lipinski definition) is 0. The SMILES string of the molecule is c1ccc2c(c1)oc1c(-c3ccc4c(c3)c3ccccc3n4-c3ccc(-c4ccc5c(c4)sc4ncccc45)cc3)cccc12. The minimum Gasteiger partial charge on any atom is -0.455 e. The molecule has 0 spiro atoms. The Morgan fingerprint density at radius 1 is 0.511 bits per heavy atom. The van der Waals surface area contributed by atoms with Crippen molar-refractivity contribution >= 4 is 75.4 Å². The maximum absolute atomic E-state index is 6.39. The number of aromatic nitrogens is 2. The van der Waals surface area contributed by atoms with Gasteiger partial charge in [-0.05, 0) is 71.3 Å². The molecule has 10 aromatic rings. The van der Waals surface area contributed by atoms with Gasteiger partial charge in [0.25, 0.3) is 0 Å². The van der Waals surface area contributed by atoms with Crippen molar-refractivity contribution in [3.05, 3.63) is 146 Å². The highest BCUT2D eigenvalue weighted by Crippen LogP contribution is 2.40. The molecule has 0 atom stereocenters. The number of pyridine rings is 1. The van der Waals surface area contributed by atoms with Gasteiger partial charge in [-0.1, -0.05) is 84.9 Å². The molecule has 0 radical (unpaired) electrons. The van der Waals surface area contributed by atoms with Crippen LogP contribution in [0.15, 0.2) is 150 Å². The monoisotopic (exact) mass is 592 g/mol. The van der Waals surface area contributed by atoms with E-state index < -0.39 is 0 Å². The maximum atomic E-state index is 6.39. The summed E-state index contributed by atoms with van der Waals surface area (Å²) in [5.41, 5.74) is 10.0. The third-order valence-electron chi connectivity index (χ3n) is 9.10. The van der Waals surface area contributed by atoms with Crippen LogP contribution in [-0.2, 0) is 0 Å². The first-order chi connectivity index (χ1) is 22.3. The molecule has 0 bridgehead atoms. The lowest BCUT2D eigenvalue weighted by atomic mass is 10.0. The predicted molar refractivity (Wildman–Crippen MR) is 190 cm³/mol. The van der Waals surface area contributed by atoms with Crippen LogP contribution in [0.4, 0.5) is 0 Å². The van der Waals surface area contributed by atoms with Crippen molar-refractivity contribution in [1.82, 2.24) is 9.55 Å². The number of furan rings is 1. The lowest BCUT2D eigenvalue weighted by molar-refractivity contribution is 0.670. The molecule has 4 aromatic heterocycles. The summed E-state index contributed by atoms with van der Waals surface area (Å²) < 4.78 is 10.0. The Hall–Kier alpha value is -5.71. The van der Waals surface area contributed by atoms with Gasteiger partial charge in [0.15, 0.2) is 0 Å². The summed E-state index contributed by atoms with van der Waals surface area (Å²) in [5, 5.41) is 7.25. The summed E-state index contributed by atoms with van der Waals surface area (Å²) in [6.45, 7) is 0. The van der Waals surface area contributed by atoms with E-state index in [2.05, 4.69) is 131 Å². The molecule has 0 saturated heterocycles. The van der Waals surface area contributed by atoms with E-state index in [-0.39, 0.29) is 0 Å². The number of nitrogens with zero attached hydrogens (tertiary/aromatic N) is 2. The van der Waals surface area contributed by atoms with Crippen LogP contribution in [0.2, 0.25) is 0 Å². The maximum Gasteiger partial charge on any atom is 0.143 e. The van der Waals surface area contributed by atoms with Gasteiger partial charge in [0.2, 0.25) is 0 Å². The third-order valence-corrected chi connectivity index (χ3v) is 10.2. The van der Waals surface area contributed by atoms with Crippen LogP contribution in [0, 0.1) is 0 Å². The van der Waals surface area contributed by atoms with Crippen molar-refractivity contribution in [3.63, 3.8) is 0 Å². The topological polar surface area (TPSA) is 31.0 Å². The Kier molecular flexibility index (Phi) is 5.16. The zero-order valence-electron chi connectivity index (χ0n) is 24.1. The molecule has 210 valence electrons. The van der Waals surface area contributed by atoms with Crippen molar-refractivity contribution in [2.24, 2.45) is 0 Å². The summed E-state index contributed by atoms with van der Waals surface area (Å²) in [6, 6.07) is 50.1. The van der Waals surface area contributed by atoms with Gasteiger partial charge in [-0.2, -0.15) is 0 Å². The number of rotatable bonds is 3. The molecule has 4 heterocycles. The van der Waals surface area contributed by atoms with Crippen LogP contribution < -0.4 is 0 Å². The smallest absolute Gasteiger partial charge is 0.143 e. The molecule has 4 heteroatoms. The summed E-state index contributed by atoms with van der Waals surface area (Å²) in [7, 11) is 0. The van der Waals surface area contributed by atoms with E-state index in [0.717, 1.165) is 43.6 Å². The molecule has 6 aromatic carbocycles. The largest absolute Gasteiger partial charge is 0.455 e. The van der Waals surface area contributed by atoms with E-state index >= 15 is 0 Å². The third kappa shape index (κ3) is 3.67. The summed E-state index contributed by atoms with van der Waals surface area (Å²) in [5.74, 6) is 0. The van der Waals surface area contributed by atoms with Crippen LogP contribution in [0.25, 0.3) is 92.0 Å². The zero-order valence-corrected chi connectivity index (χ0v) is 24.9. The van der Waals surface area contributed by atoms with Crippen LogP contribution in [0.3, 0.4) is 0 Å². The van der Waals surface area contributed by atoms with E-state index in [0.29, 0.717) is 0 Å². The van der Waals surface area contributed by atoms with Crippen molar-refractivity contribution in [1.29, 1.82) is 0 Å². The fraction of sp³-hybridized carbons (Fsp3) is 0. The van der Waals surface area contributed by atoms with Crippen molar-refractivity contribution < 1.29 is 4.42 Å². The van der Waals surface area contributed by atoms with E-state index in [1.807, 2.05) is 24.4 Å². The highest BCUT2D eigenvalue weighted by atomic mass is 32.1. The van der Waals surface area contributed by atoms with E-state index in [4.69, 9.17) is 4.42 Å².